The van der Waals surface area contributed by atoms with Gasteiger partial charge in [0, 0.05) is 17.9 Å². The van der Waals surface area contributed by atoms with Gasteiger partial charge in [-0.3, -0.25) is 4.79 Å². The zero-order valence-electron chi connectivity index (χ0n) is 15.2. The summed E-state index contributed by atoms with van der Waals surface area (Å²) >= 11 is 5.64. The smallest absolute Gasteiger partial charge is 0.164 e. The SMILES string of the molecule is CCCCCC1CCC(CCc2ccc(C(=O)CCCl)cc2)CC1. The maximum Gasteiger partial charge on any atom is 0.164 e. The zero-order chi connectivity index (χ0) is 17.2. The second-order valence-corrected chi connectivity index (χ2v) is 7.86. The van der Waals surface area contributed by atoms with Crippen molar-refractivity contribution in [3.05, 3.63) is 35.4 Å². The Bertz CT molecular complexity index is 471. The van der Waals surface area contributed by atoms with Crippen LogP contribution in [0.25, 0.3) is 0 Å². The van der Waals surface area contributed by atoms with Crippen LogP contribution < -0.4 is 0 Å². The van der Waals surface area contributed by atoms with E-state index in [0.717, 1.165) is 23.8 Å². The third kappa shape index (κ3) is 6.59. The summed E-state index contributed by atoms with van der Waals surface area (Å²) < 4.78 is 0. The Kier molecular flexibility index (Phi) is 8.88. The van der Waals surface area contributed by atoms with Crippen LogP contribution in [0.15, 0.2) is 24.3 Å². The first-order valence-corrected chi connectivity index (χ1v) is 10.4. The number of ketones is 1. The molecule has 0 aliphatic heterocycles. The third-order valence-corrected chi connectivity index (χ3v) is 5.81. The summed E-state index contributed by atoms with van der Waals surface area (Å²) in [7, 11) is 0. The molecule has 2 heteroatoms. The maximum atomic E-state index is 11.8. The molecular weight excluding hydrogens is 316 g/mol. The molecule has 0 amide bonds. The van der Waals surface area contributed by atoms with Gasteiger partial charge >= 0.3 is 0 Å². The topological polar surface area (TPSA) is 17.1 Å². The van der Waals surface area contributed by atoms with Crippen LogP contribution in [0.4, 0.5) is 0 Å². The molecule has 0 atom stereocenters. The minimum absolute atomic E-state index is 0.151. The van der Waals surface area contributed by atoms with E-state index in [9.17, 15) is 4.79 Å². The first-order chi connectivity index (χ1) is 11.7. The quantitative estimate of drug-likeness (QED) is 0.257. The van der Waals surface area contributed by atoms with Crippen LogP contribution in [-0.4, -0.2) is 11.7 Å². The van der Waals surface area contributed by atoms with Crippen LogP contribution in [-0.2, 0) is 6.42 Å². The number of carbonyl (C=O) groups is 1. The highest BCUT2D eigenvalue weighted by Crippen LogP contribution is 2.34. The lowest BCUT2D eigenvalue weighted by atomic mass is 9.78. The monoisotopic (exact) mass is 348 g/mol. The minimum atomic E-state index is 0.151. The molecule has 24 heavy (non-hydrogen) atoms. The van der Waals surface area contributed by atoms with Gasteiger partial charge in [-0.1, -0.05) is 82.6 Å². The molecule has 1 aromatic carbocycles. The molecule has 0 saturated heterocycles. The Morgan fingerprint density at radius 2 is 1.62 bits per heavy atom. The fraction of sp³-hybridized carbons (Fsp3) is 0.682. The molecule has 1 saturated carbocycles. The second kappa shape index (κ2) is 10.9. The van der Waals surface area contributed by atoms with Crippen molar-refractivity contribution in [1.29, 1.82) is 0 Å². The summed E-state index contributed by atoms with van der Waals surface area (Å²) in [6.07, 6.45) is 14.2. The highest BCUT2D eigenvalue weighted by molar-refractivity contribution is 6.19. The lowest BCUT2D eigenvalue weighted by molar-refractivity contribution is 0.0989. The average Bonchev–Trinajstić information content (AvgIpc) is 2.62. The van der Waals surface area contributed by atoms with E-state index in [0.29, 0.717) is 12.3 Å². The highest BCUT2D eigenvalue weighted by atomic mass is 35.5. The van der Waals surface area contributed by atoms with Crippen molar-refractivity contribution >= 4 is 17.4 Å². The van der Waals surface area contributed by atoms with Gasteiger partial charge < -0.3 is 0 Å². The maximum absolute atomic E-state index is 11.8. The van der Waals surface area contributed by atoms with E-state index in [-0.39, 0.29) is 5.78 Å². The lowest BCUT2D eigenvalue weighted by Crippen LogP contribution is -2.15. The van der Waals surface area contributed by atoms with Crippen LogP contribution in [0.1, 0.15) is 87.1 Å². The van der Waals surface area contributed by atoms with Crippen molar-refractivity contribution < 1.29 is 4.79 Å². The van der Waals surface area contributed by atoms with E-state index >= 15 is 0 Å². The largest absolute Gasteiger partial charge is 0.294 e. The lowest BCUT2D eigenvalue weighted by Gasteiger charge is -2.28. The number of unbranched alkanes of at least 4 members (excludes halogenated alkanes) is 2. The summed E-state index contributed by atoms with van der Waals surface area (Å²) in [5.74, 6) is 2.46. The van der Waals surface area contributed by atoms with E-state index in [1.165, 1.54) is 63.4 Å². The minimum Gasteiger partial charge on any atom is -0.294 e. The number of aryl methyl sites for hydroxylation is 1. The molecule has 1 nitrogen and oxygen atoms in total. The number of Topliss-reactive ketones (excluding diaryl/α,β-unsaturated/α-hetero) is 1. The van der Waals surface area contributed by atoms with Crippen molar-refractivity contribution in [3.8, 4) is 0 Å². The van der Waals surface area contributed by atoms with Gasteiger partial charge in [0.15, 0.2) is 5.78 Å². The van der Waals surface area contributed by atoms with Gasteiger partial charge in [0.2, 0.25) is 0 Å². The molecule has 1 fully saturated rings. The number of rotatable bonds is 10. The Balaban J connectivity index is 1.68. The standard InChI is InChI=1S/C22H33ClO/c1-2-3-4-5-18-6-8-19(9-7-18)10-11-20-12-14-21(15-13-20)22(24)16-17-23/h12-15,18-19H,2-11,16-17H2,1H3. The molecule has 1 aliphatic rings. The average molecular weight is 349 g/mol. The van der Waals surface area contributed by atoms with Crippen LogP contribution in [0, 0.1) is 11.8 Å². The Morgan fingerprint density at radius 1 is 1.00 bits per heavy atom. The number of hydrogen-bond acceptors (Lipinski definition) is 1. The van der Waals surface area contributed by atoms with Crippen molar-refractivity contribution in [2.45, 2.75) is 77.6 Å². The van der Waals surface area contributed by atoms with E-state index in [1.807, 2.05) is 12.1 Å². The van der Waals surface area contributed by atoms with Gasteiger partial charge in [0.25, 0.3) is 0 Å². The van der Waals surface area contributed by atoms with Gasteiger partial charge in [-0.25, -0.2) is 0 Å². The fourth-order valence-electron chi connectivity index (χ4n) is 3.95. The van der Waals surface area contributed by atoms with Crippen molar-refractivity contribution in [3.63, 3.8) is 0 Å². The van der Waals surface area contributed by atoms with Crippen LogP contribution in [0.5, 0.6) is 0 Å². The number of hydrogen-bond donors (Lipinski definition) is 0. The number of benzene rings is 1. The van der Waals surface area contributed by atoms with Gasteiger partial charge in [-0.05, 0) is 30.2 Å². The third-order valence-electron chi connectivity index (χ3n) is 5.62. The summed E-state index contributed by atoms with van der Waals surface area (Å²) in [6.45, 7) is 2.29. The first kappa shape index (κ1) is 19.5. The van der Waals surface area contributed by atoms with E-state index in [4.69, 9.17) is 11.6 Å². The molecule has 134 valence electrons. The molecule has 0 radical (unpaired) electrons. The van der Waals surface area contributed by atoms with Gasteiger partial charge in [0.05, 0.1) is 0 Å². The van der Waals surface area contributed by atoms with E-state index < -0.39 is 0 Å². The molecule has 2 rings (SSSR count). The van der Waals surface area contributed by atoms with E-state index in [2.05, 4.69) is 19.1 Å². The Hall–Kier alpha value is -0.820. The fourth-order valence-corrected chi connectivity index (χ4v) is 4.12. The van der Waals surface area contributed by atoms with E-state index in [1.54, 1.807) is 0 Å². The molecule has 0 N–H and O–H groups in total. The van der Waals surface area contributed by atoms with Crippen LogP contribution in [0.3, 0.4) is 0 Å². The van der Waals surface area contributed by atoms with Crippen molar-refractivity contribution in [1.82, 2.24) is 0 Å². The molecule has 0 spiro atoms. The van der Waals surface area contributed by atoms with Crippen LogP contribution >= 0.6 is 11.6 Å². The normalized spacial score (nSPS) is 20.9. The number of carbonyl (C=O) groups excluding carboxylic acids is 1. The molecular formula is C22H33ClO. The molecule has 0 heterocycles. The number of halogens is 1. The first-order valence-electron chi connectivity index (χ1n) is 9.91. The Morgan fingerprint density at radius 3 is 2.21 bits per heavy atom. The summed E-state index contributed by atoms with van der Waals surface area (Å²) in [4.78, 5) is 11.8. The molecule has 0 bridgehead atoms. The highest BCUT2D eigenvalue weighted by Gasteiger charge is 2.20. The molecule has 0 unspecified atom stereocenters. The van der Waals surface area contributed by atoms with Crippen LogP contribution in [0.2, 0.25) is 0 Å². The molecule has 0 aromatic heterocycles. The molecule has 1 aliphatic carbocycles. The van der Waals surface area contributed by atoms with Crippen molar-refractivity contribution in [2.24, 2.45) is 11.8 Å². The predicted molar refractivity (Wildman–Crippen MR) is 104 cm³/mol. The Labute approximate surface area is 153 Å². The van der Waals surface area contributed by atoms with Crippen molar-refractivity contribution in [2.75, 3.05) is 5.88 Å². The summed E-state index contributed by atoms with van der Waals surface area (Å²) in [5.41, 5.74) is 2.16. The number of alkyl halides is 1. The summed E-state index contributed by atoms with van der Waals surface area (Å²) in [6, 6.07) is 8.18. The van der Waals surface area contributed by atoms with Gasteiger partial charge in [-0.2, -0.15) is 0 Å². The summed E-state index contributed by atoms with van der Waals surface area (Å²) in [5, 5.41) is 0. The second-order valence-electron chi connectivity index (χ2n) is 7.48. The molecule has 1 aromatic rings. The van der Waals surface area contributed by atoms with Gasteiger partial charge in [0.1, 0.15) is 0 Å². The zero-order valence-corrected chi connectivity index (χ0v) is 16.0. The predicted octanol–water partition coefficient (Wildman–Crippen LogP) is 6.82. The van der Waals surface area contributed by atoms with Gasteiger partial charge in [-0.15, -0.1) is 11.6 Å².